The average Bonchev–Trinajstić information content (AvgIpc) is 2.84. The van der Waals surface area contributed by atoms with Crippen LogP contribution in [0.4, 0.5) is 5.69 Å². The minimum Gasteiger partial charge on any atom is -0.465 e. The van der Waals surface area contributed by atoms with Gasteiger partial charge in [0.1, 0.15) is 6.04 Å². The quantitative estimate of drug-likeness (QED) is 0.638. The lowest BCUT2D eigenvalue weighted by atomic mass is 9.95. The number of anilines is 1. The van der Waals surface area contributed by atoms with Crippen LogP contribution in [-0.2, 0) is 14.3 Å². The molecule has 6 nitrogen and oxygen atoms in total. The summed E-state index contributed by atoms with van der Waals surface area (Å²) in [6.07, 6.45) is 0. The maximum Gasteiger partial charge on any atom is 0.325 e. The summed E-state index contributed by atoms with van der Waals surface area (Å²) in [4.78, 5) is 20.4. The van der Waals surface area contributed by atoms with Gasteiger partial charge in [-0.1, -0.05) is 48.5 Å². The highest BCUT2D eigenvalue weighted by Gasteiger charge is 2.40. The average molecular weight is 424 g/mol. The summed E-state index contributed by atoms with van der Waals surface area (Å²) < 4.78 is 11.2. The first kappa shape index (κ1) is 21.8. The van der Waals surface area contributed by atoms with Gasteiger partial charge < -0.3 is 14.4 Å². The van der Waals surface area contributed by atoms with Gasteiger partial charge in [0.05, 0.1) is 25.9 Å². The first-order chi connectivity index (χ1) is 15.3. The largest absolute Gasteiger partial charge is 0.465 e. The molecule has 0 amide bonds. The highest BCUT2D eigenvalue weighted by atomic mass is 16.5. The van der Waals surface area contributed by atoms with Gasteiger partial charge in [-0.3, -0.25) is 14.6 Å². The molecule has 2 saturated heterocycles. The second-order valence-corrected chi connectivity index (χ2v) is 8.06. The van der Waals surface area contributed by atoms with E-state index in [9.17, 15) is 4.79 Å². The lowest BCUT2D eigenvalue weighted by Crippen LogP contribution is -2.58. The molecular formula is C25H33N3O3. The van der Waals surface area contributed by atoms with Gasteiger partial charge in [-0.25, -0.2) is 0 Å². The van der Waals surface area contributed by atoms with Crippen molar-refractivity contribution >= 4 is 11.7 Å². The fourth-order valence-corrected chi connectivity index (χ4v) is 4.70. The lowest BCUT2D eigenvalue weighted by molar-refractivity contribution is -0.154. The summed E-state index contributed by atoms with van der Waals surface area (Å²) in [5, 5.41) is 0. The highest BCUT2D eigenvalue weighted by Crippen LogP contribution is 2.31. The molecule has 0 aromatic heterocycles. The van der Waals surface area contributed by atoms with Crippen molar-refractivity contribution < 1.29 is 14.3 Å². The Bertz CT molecular complexity index is 803. The van der Waals surface area contributed by atoms with Crippen molar-refractivity contribution in [1.29, 1.82) is 0 Å². The number of carbonyl (C=O) groups excluding carboxylic acids is 1. The minimum atomic E-state index is -0.335. The molecule has 0 unspecified atom stereocenters. The van der Waals surface area contributed by atoms with Crippen molar-refractivity contribution in [3.8, 4) is 0 Å². The predicted molar refractivity (Wildman–Crippen MR) is 122 cm³/mol. The Labute approximate surface area is 185 Å². The fourth-order valence-electron chi connectivity index (χ4n) is 4.70. The van der Waals surface area contributed by atoms with E-state index < -0.39 is 0 Å². The summed E-state index contributed by atoms with van der Waals surface area (Å²) in [6.45, 7) is 8.74. The van der Waals surface area contributed by atoms with E-state index >= 15 is 0 Å². The van der Waals surface area contributed by atoms with Gasteiger partial charge in [-0.15, -0.1) is 0 Å². The van der Waals surface area contributed by atoms with Crippen LogP contribution in [0, 0.1) is 0 Å². The monoisotopic (exact) mass is 423 g/mol. The van der Waals surface area contributed by atoms with Gasteiger partial charge in [0, 0.05) is 45.0 Å². The molecule has 2 aliphatic rings. The Hall–Kier alpha value is -2.41. The SMILES string of the molecule is CCOC(=O)[C@@H]([C@@H](c1ccccc1)N1CCOCC1)N1CCN(c2ccccc2)CC1. The number of rotatable bonds is 7. The Morgan fingerprint density at radius 1 is 0.871 bits per heavy atom. The van der Waals surface area contributed by atoms with Crippen molar-refractivity contribution in [2.45, 2.75) is 19.0 Å². The molecule has 166 valence electrons. The van der Waals surface area contributed by atoms with Crippen LogP contribution in [0.3, 0.4) is 0 Å². The standard InChI is InChI=1S/C25H33N3O3/c1-2-31-25(29)24(27-15-13-26(14-16-27)22-11-7-4-8-12-22)23(21-9-5-3-6-10-21)28-17-19-30-20-18-28/h3-12,23-24H,2,13-20H2,1H3/t23-,24-/m1/s1. The second-order valence-electron chi connectivity index (χ2n) is 8.06. The highest BCUT2D eigenvalue weighted by molar-refractivity contribution is 5.77. The third-order valence-electron chi connectivity index (χ3n) is 6.24. The van der Waals surface area contributed by atoms with E-state index in [-0.39, 0.29) is 18.1 Å². The van der Waals surface area contributed by atoms with E-state index in [1.807, 2.05) is 19.1 Å². The molecule has 4 rings (SSSR count). The van der Waals surface area contributed by atoms with E-state index in [1.54, 1.807) is 0 Å². The molecule has 2 fully saturated rings. The molecule has 6 heteroatoms. The third-order valence-corrected chi connectivity index (χ3v) is 6.24. The smallest absolute Gasteiger partial charge is 0.325 e. The van der Waals surface area contributed by atoms with Crippen LogP contribution in [-0.4, -0.2) is 80.9 Å². The van der Waals surface area contributed by atoms with E-state index in [0.717, 1.165) is 44.8 Å². The Morgan fingerprint density at radius 2 is 1.48 bits per heavy atom. The first-order valence-corrected chi connectivity index (χ1v) is 11.4. The maximum absolute atomic E-state index is 13.3. The minimum absolute atomic E-state index is 0.0487. The lowest BCUT2D eigenvalue weighted by Gasteiger charge is -2.45. The number of carbonyl (C=O) groups is 1. The van der Waals surface area contributed by atoms with Gasteiger partial charge >= 0.3 is 5.97 Å². The molecule has 31 heavy (non-hydrogen) atoms. The van der Waals surface area contributed by atoms with E-state index in [0.29, 0.717) is 19.8 Å². The number of hydrogen-bond acceptors (Lipinski definition) is 6. The van der Waals surface area contributed by atoms with Crippen molar-refractivity contribution in [2.24, 2.45) is 0 Å². The number of hydrogen-bond donors (Lipinski definition) is 0. The number of piperazine rings is 1. The van der Waals surface area contributed by atoms with Crippen LogP contribution in [0.1, 0.15) is 18.5 Å². The zero-order valence-corrected chi connectivity index (χ0v) is 18.4. The zero-order valence-electron chi connectivity index (χ0n) is 18.4. The summed E-state index contributed by atoms with van der Waals surface area (Å²) >= 11 is 0. The van der Waals surface area contributed by atoms with Gasteiger partial charge in [-0.05, 0) is 24.6 Å². The molecule has 0 bridgehead atoms. The van der Waals surface area contributed by atoms with E-state index in [2.05, 4.69) is 63.2 Å². The number of morpholine rings is 1. The molecule has 2 aromatic rings. The molecule has 0 aliphatic carbocycles. The Morgan fingerprint density at radius 3 is 2.10 bits per heavy atom. The van der Waals surface area contributed by atoms with Gasteiger partial charge in [-0.2, -0.15) is 0 Å². The van der Waals surface area contributed by atoms with Crippen LogP contribution in [0.25, 0.3) is 0 Å². The number of benzene rings is 2. The summed E-state index contributed by atoms with van der Waals surface area (Å²) in [5.74, 6) is -0.129. The number of nitrogens with zero attached hydrogens (tertiary/aromatic N) is 3. The topological polar surface area (TPSA) is 45.2 Å². The molecule has 2 aliphatic heterocycles. The van der Waals surface area contributed by atoms with Gasteiger partial charge in [0.2, 0.25) is 0 Å². The molecule has 0 N–H and O–H groups in total. The summed E-state index contributed by atoms with van der Waals surface area (Å²) in [5.41, 5.74) is 2.40. The Kier molecular flexibility index (Phi) is 7.57. The summed E-state index contributed by atoms with van der Waals surface area (Å²) in [6, 6.07) is 20.5. The van der Waals surface area contributed by atoms with Crippen LogP contribution in [0.5, 0.6) is 0 Å². The molecule has 0 spiro atoms. The second kappa shape index (κ2) is 10.8. The molecule has 2 aromatic carbocycles. The Balaban J connectivity index is 1.59. The van der Waals surface area contributed by atoms with Crippen molar-refractivity contribution in [1.82, 2.24) is 9.80 Å². The number of para-hydroxylation sites is 1. The molecule has 2 atom stereocenters. The molecule has 0 saturated carbocycles. The van der Waals surface area contributed by atoms with Crippen molar-refractivity contribution in [2.75, 3.05) is 64.0 Å². The van der Waals surface area contributed by atoms with Gasteiger partial charge in [0.15, 0.2) is 0 Å². The van der Waals surface area contributed by atoms with Gasteiger partial charge in [0.25, 0.3) is 0 Å². The zero-order chi connectivity index (χ0) is 21.5. The van der Waals surface area contributed by atoms with Crippen LogP contribution in [0.2, 0.25) is 0 Å². The molecule has 0 radical (unpaired) electrons. The van der Waals surface area contributed by atoms with Crippen molar-refractivity contribution in [3.05, 3.63) is 66.2 Å². The first-order valence-electron chi connectivity index (χ1n) is 11.4. The van der Waals surface area contributed by atoms with Crippen LogP contribution in [0.15, 0.2) is 60.7 Å². The molecular weight excluding hydrogens is 390 g/mol. The van der Waals surface area contributed by atoms with E-state index in [4.69, 9.17) is 9.47 Å². The van der Waals surface area contributed by atoms with Crippen LogP contribution < -0.4 is 4.90 Å². The predicted octanol–water partition coefficient (Wildman–Crippen LogP) is 2.81. The van der Waals surface area contributed by atoms with Crippen LogP contribution >= 0.6 is 0 Å². The third kappa shape index (κ3) is 5.26. The normalized spacial score (nSPS) is 20.2. The number of esters is 1. The fraction of sp³-hybridized carbons (Fsp3) is 0.480. The van der Waals surface area contributed by atoms with Crippen molar-refractivity contribution in [3.63, 3.8) is 0 Å². The maximum atomic E-state index is 13.3. The summed E-state index contributed by atoms with van der Waals surface area (Å²) in [7, 11) is 0. The molecule has 2 heterocycles. The van der Waals surface area contributed by atoms with E-state index in [1.165, 1.54) is 5.69 Å². The number of ether oxygens (including phenoxy) is 2.